The Morgan fingerprint density at radius 2 is 2.10 bits per heavy atom. The van der Waals surface area contributed by atoms with Crippen LogP contribution in [-0.4, -0.2) is 44.8 Å². The van der Waals surface area contributed by atoms with Crippen molar-refractivity contribution in [2.24, 2.45) is 7.05 Å². The third-order valence-electron chi connectivity index (χ3n) is 3.24. The highest BCUT2D eigenvalue weighted by Gasteiger charge is 2.21. The molecule has 1 aromatic heterocycles. The summed E-state index contributed by atoms with van der Waals surface area (Å²) in [7, 11) is 1.82. The van der Waals surface area contributed by atoms with Crippen LogP contribution in [0.1, 0.15) is 23.4 Å². The number of aliphatic carboxylic acids is 1. The van der Waals surface area contributed by atoms with Crippen LogP contribution in [0.2, 0.25) is 0 Å². The topological polar surface area (TPSA) is 84.2 Å². The normalized spacial score (nSPS) is 12.2. The largest absolute Gasteiger partial charge is 0.480 e. The van der Waals surface area contributed by atoms with Crippen LogP contribution >= 0.6 is 11.8 Å². The molecule has 112 valence electrons. The number of carboxylic acid groups (broad SMARTS) is 1. The van der Waals surface area contributed by atoms with Crippen molar-refractivity contribution < 1.29 is 14.7 Å². The minimum absolute atomic E-state index is 0.161. The van der Waals surface area contributed by atoms with Crippen molar-refractivity contribution >= 4 is 23.6 Å². The molecule has 0 bridgehead atoms. The summed E-state index contributed by atoms with van der Waals surface area (Å²) in [6.07, 6.45) is 2.49. The number of hydrogen-bond donors (Lipinski definition) is 2. The van der Waals surface area contributed by atoms with Gasteiger partial charge in [-0.1, -0.05) is 0 Å². The van der Waals surface area contributed by atoms with Gasteiger partial charge in [0.2, 0.25) is 5.91 Å². The number of carbonyl (C=O) groups excluding carboxylic acids is 1. The van der Waals surface area contributed by atoms with E-state index in [2.05, 4.69) is 10.4 Å². The molecule has 1 rings (SSSR count). The van der Waals surface area contributed by atoms with Gasteiger partial charge in [0, 0.05) is 18.3 Å². The van der Waals surface area contributed by atoms with E-state index in [1.54, 1.807) is 16.4 Å². The first-order valence-corrected chi connectivity index (χ1v) is 7.76. The fraction of sp³-hybridized carbons (Fsp3) is 0.615. The van der Waals surface area contributed by atoms with Crippen LogP contribution in [0.4, 0.5) is 0 Å². The van der Waals surface area contributed by atoms with Crippen molar-refractivity contribution in [1.82, 2.24) is 15.1 Å². The van der Waals surface area contributed by atoms with Crippen molar-refractivity contribution in [2.75, 3.05) is 12.0 Å². The molecule has 2 N–H and O–H groups in total. The second kappa shape index (κ2) is 7.33. The molecule has 1 aromatic rings. The summed E-state index contributed by atoms with van der Waals surface area (Å²) in [5, 5.41) is 15.9. The Kier molecular flexibility index (Phi) is 6.06. The molecule has 0 aliphatic rings. The Labute approximate surface area is 122 Å². The van der Waals surface area contributed by atoms with Gasteiger partial charge in [0.25, 0.3) is 0 Å². The molecule has 1 heterocycles. The second-order valence-electron chi connectivity index (χ2n) is 4.69. The first-order chi connectivity index (χ1) is 9.36. The van der Waals surface area contributed by atoms with Gasteiger partial charge >= 0.3 is 5.97 Å². The molecule has 20 heavy (non-hydrogen) atoms. The average molecular weight is 299 g/mol. The van der Waals surface area contributed by atoms with Crippen molar-refractivity contribution in [3.8, 4) is 0 Å². The third-order valence-corrected chi connectivity index (χ3v) is 3.88. The molecule has 0 spiro atoms. The number of aryl methyl sites for hydroxylation is 2. The highest BCUT2D eigenvalue weighted by atomic mass is 32.2. The summed E-state index contributed by atoms with van der Waals surface area (Å²) in [5.74, 6) is -0.577. The zero-order chi connectivity index (χ0) is 15.3. The molecule has 0 aliphatic carbocycles. The molecule has 7 heteroatoms. The molecule has 6 nitrogen and oxygen atoms in total. The number of aromatic nitrogens is 2. The maximum absolute atomic E-state index is 12.0. The summed E-state index contributed by atoms with van der Waals surface area (Å²) >= 11 is 1.56. The first-order valence-electron chi connectivity index (χ1n) is 6.37. The van der Waals surface area contributed by atoms with E-state index in [4.69, 9.17) is 5.11 Å². The van der Waals surface area contributed by atoms with Gasteiger partial charge in [-0.3, -0.25) is 9.48 Å². The van der Waals surface area contributed by atoms with Gasteiger partial charge in [0.1, 0.15) is 6.04 Å². The zero-order valence-corrected chi connectivity index (χ0v) is 13.1. The van der Waals surface area contributed by atoms with E-state index in [0.717, 1.165) is 17.0 Å². The molecule has 0 saturated carbocycles. The molecule has 0 unspecified atom stereocenters. The Hall–Kier alpha value is -1.50. The van der Waals surface area contributed by atoms with Crippen molar-refractivity contribution in [1.29, 1.82) is 0 Å². The minimum Gasteiger partial charge on any atom is -0.480 e. The van der Waals surface area contributed by atoms with Crippen molar-refractivity contribution in [3.63, 3.8) is 0 Å². The quantitative estimate of drug-likeness (QED) is 0.781. The molecule has 0 radical (unpaired) electrons. The van der Waals surface area contributed by atoms with Gasteiger partial charge in [-0.25, -0.2) is 4.79 Å². The van der Waals surface area contributed by atoms with Crippen LogP contribution in [0.3, 0.4) is 0 Å². The van der Waals surface area contributed by atoms with Gasteiger partial charge in [0.05, 0.1) is 12.1 Å². The van der Waals surface area contributed by atoms with E-state index in [0.29, 0.717) is 12.2 Å². The van der Waals surface area contributed by atoms with Crippen LogP contribution in [0.5, 0.6) is 0 Å². The Morgan fingerprint density at radius 3 is 2.55 bits per heavy atom. The van der Waals surface area contributed by atoms with Crippen molar-refractivity contribution in [3.05, 3.63) is 17.0 Å². The zero-order valence-electron chi connectivity index (χ0n) is 12.3. The highest BCUT2D eigenvalue weighted by Crippen LogP contribution is 2.12. The minimum atomic E-state index is -0.993. The van der Waals surface area contributed by atoms with E-state index in [-0.39, 0.29) is 12.3 Å². The number of rotatable bonds is 7. The summed E-state index contributed by atoms with van der Waals surface area (Å²) in [6.45, 7) is 3.74. The van der Waals surface area contributed by atoms with Gasteiger partial charge in [-0.15, -0.1) is 0 Å². The maximum Gasteiger partial charge on any atom is 0.326 e. The molecule has 1 amide bonds. The molecule has 0 aliphatic heterocycles. The lowest BCUT2D eigenvalue weighted by atomic mass is 10.1. The smallest absolute Gasteiger partial charge is 0.326 e. The van der Waals surface area contributed by atoms with E-state index < -0.39 is 12.0 Å². The van der Waals surface area contributed by atoms with E-state index in [1.165, 1.54) is 0 Å². The highest BCUT2D eigenvalue weighted by molar-refractivity contribution is 7.98. The fourth-order valence-electron chi connectivity index (χ4n) is 1.97. The van der Waals surface area contributed by atoms with E-state index in [9.17, 15) is 9.59 Å². The second-order valence-corrected chi connectivity index (χ2v) is 5.68. The summed E-state index contributed by atoms with van der Waals surface area (Å²) in [5.41, 5.74) is 2.59. The fourth-order valence-corrected chi connectivity index (χ4v) is 2.44. The molecular formula is C13H21N3O3S. The average Bonchev–Trinajstić information content (AvgIpc) is 2.61. The number of carboxylic acids is 1. The maximum atomic E-state index is 12.0. The molecule has 0 aromatic carbocycles. The molecule has 0 saturated heterocycles. The lowest BCUT2D eigenvalue weighted by molar-refractivity contribution is -0.141. The lowest BCUT2D eigenvalue weighted by Crippen LogP contribution is -2.42. The third kappa shape index (κ3) is 4.26. The first kappa shape index (κ1) is 16.6. The monoisotopic (exact) mass is 299 g/mol. The predicted octanol–water partition coefficient (Wildman–Crippen LogP) is 0.902. The van der Waals surface area contributed by atoms with Crippen LogP contribution < -0.4 is 5.32 Å². The lowest BCUT2D eigenvalue weighted by Gasteiger charge is -2.14. The summed E-state index contributed by atoms with van der Waals surface area (Å²) < 4.78 is 1.72. The Morgan fingerprint density at radius 1 is 1.45 bits per heavy atom. The standard InChI is InChI=1S/C13H21N3O3S/c1-8-10(9(2)16(3)15-8)7-12(17)14-11(13(18)19)5-6-20-4/h11H,5-7H2,1-4H3,(H,14,17)(H,18,19)/t11-/m1/s1. The van der Waals surface area contributed by atoms with Crippen molar-refractivity contribution in [2.45, 2.75) is 32.7 Å². The number of nitrogens with zero attached hydrogens (tertiary/aromatic N) is 2. The molecular weight excluding hydrogens is 278 g/mol. The van der Waals surface area contributed by atoms with E-state index in [1.807, 2.05) is 27.2 Å². The van der Waals surface area contributed by atoms with Crippen LogP contribution in [0.15, 0.2) is 0 Å². The summed E-state index contributed by atoms with van der Waals surface area (Å²) in [4.78, 5) is 23.1. The van der Waals surface area contributed by atoms with Crippen LogP contribution in [-0.2, 0) is 23.1 Å². The number of carbonyl (C=O) groups is 2. The SMILES string of the molecule is CSCC[C@@H](NC(=O)Cc1c(C)nn(C)c1C)C(=O)O. The Bertz CT molecular complexity index is 499. The molecule has 1 atom stereocenters. The number of hydrogen-bond acceptors (Lipinski definition) is 4. The van der Waals surface area contributed by atoms with Crippen LogP contribution in [0, 0.1) is 13.8 Å². The van der Waals surface area contributed by atoms with Crippen LogP contribution in [0.25, 0.3) is 0 Å². The Balaban J connectivity index is 2.68. The number of nitrogens with one attached hydrogen (secondary N) is 1. The van der Waals surface area contributed by atoms with Gasteiger partial charge in [0.15, 0.2) is 0 Å². The number of thioether (sulfide) groups is 1. The van der Waals surface area contributed by atoms with E-state index >= 15 is 0 Å². The predicted molar refractivity (Wildman–Crippen MR) is 79.0 cm³/mol. The number of amides is 1. The van der Waals surface area contributed by atoms with Gasteiger partial charge < -0.3 is 10.4 Å². The molecule has 0 fully saturated rings. The van der Waals surface area contributed by atoms with Gasteiger partial charge in [-0.05, 0) is 32.3 Å². The summed E-state index contributed by atoms with van der Waals surface area (Å²) in [6, 6.07) is -0.827. The van der Waals surface area contributed by atoms with Gasteiger partial charge in [-0.2, -0.15) is 16.9 Å².